The minimum atomic E-state index is 0.656. The zero-order valence-corrected chi connectivity index (χ0v) is 13.1. The molecule has 0 radical (unpaired) electrons. The summed E-state index contributed by atoms with van der Waals surface area (Å²) < 4.78 is 0. The molecule has 0 saturated carbocycles. The normalized spacial score (nSPS) is 11.6. The van der Waals surface area contributed by atoms with Crippen LogP contribution in [0.5, 0.6) is 0 Å². The van der Waals surface area contributed by atoms with Crippen LogP contribution in [-0.4, -0.2) is 0 Å². The van der Waals surface area contributed by atoms with Crippen molar-refractivity contribution in [3.05, 3.63) is 69.7 Å². The summed E-state index contributed by atoms with van der Waals surface area (Å²) in [6.45, 7) is 0. The van der Waals surface area contributed by atoms with E-state index < -0.39 is 0 Å². The Labute approximate surface area is 136 Å². The van der Waals surface area contributed by atoms with Crippen molar-refractivity contribution in [2.45, 2.75) is 0 Å². The third-order valence-corrected chi connectivity index (χ3v) is 4.78. The first-order chi connectivity index (χ1) is 10.2. The predicted molar refractivity (Wildman–Crippen MR) is 94.0 cm³/mol. The summed E-state index contributed by atoms with van der Waals surface area (Å²) in [6.07, 6.45) is 0. The Morgan fingerprint density at radius 1 is 0.476 bits per heavy atom. The fourth-order valence-corrected chi connectivity index (χ4v) is 3.83. The highest BCUT2D eigenvalue weighted by molar-refractivity contribution is 6.45. The molecule has 0 heterocycles. The maximum Gasteiger partial charge on any atom is 0.0506 e. The average Bonchev–Trinajstić information content (AvgIpc) is 2.49. The Kier molecular flexibility index (Phi) is 3.00. The van der Waals surface area contributed by atoms with Gasteiger partial charge in [-0.15, -0.1) is 0 Å². The van der Waals surface area contributed by atoms with Crippen LogP contribution in [0.4, 0.5) is 0 Å². The van der Waals surface area contributed by atoms with Gasteiger partial charge in [0.15, 0.2) is 0 Å². The van der Waals surface area contributed by atoms with Crippen molar-refractivity contribution in [1.29, 1.82) is 0 Å². The van der Waals surface area contributed by atoms with E-state index in [1.54, 1.807) is 0 Å². The van der Waals surface area contributed by atoms with Gasteiger partial charge in [-0.05, 0) is 39.7 Å². The summed E-state index contributed by atoms with van der Waals surface area (Å²) in [5, 5.41) is 8.25. The van der Waals surface area contributed by atoms with Crippen LogP contribution in [0.3, 0.4) is 0 Å². The number of rotatable bonds is 0. The maximum atomic E-state index is 6.46. The third kappa shape index (κ3) is 1.91. The Morgan fingerprint density at radius 3 is 1.90 bits per heavy atom. The summed E-state index contributed by atoms with van der Waals surface area (Å²) >= 11 is 19.2. The van der Waals surface area contributed by atoms with E-state index >= 15 is 0 Å². The number of hydrogen-bond acceptors (Lipinski definition) is 0. The minimum Gasteiger partial charge on any atom is -0.0836 e. The van der Waals surface area contributed by atoms with Gasteiger partial charge in [0.25, 0.3) is 0 Å². The fourth-order valence-electron chi connectivity index (χ4n) is 2.92. The molecule has 0 atom stereocenters. The molecule has 0 fully saturated rings. The van der Waals surface area contributed by atoms with Crippen LogP contribution in [0.1, 0.15) is 0 Å². The van der Waals surface area contributed by atoms with Crippen molar-refractivity contribution in [3.8, 4) is 0 Å². The van der Waals surface area contributed by atoms with Gasteiger partial charge in [-0.2, -0.15) is 0 Å². The molecule has 0 N–H and O–H groups in total. The van der Waals surface area contributed by atoms with Crippen molar-refractivity contribution in [3.63, 3.8) is 0 Å². The lowest BCUT2D eigenvalue weighted by atomic mass is 9.97. The molecule has 4 aromatic carbocycles. The van der Waals surface area contributed by atoms with E-state index in [1.165, 1.54) is 0 Å². The smallest absolute Gasteiger partial charge is 0.0506 e. The van der Waals surface area contributed by atoms with Gasteiger partial charge in [0.2, 0.25) is 0 Å². The summed E-state index contributed by atoms with van der Waals surface area (Å²) in [6, 6.07) is 17.9. The number of benzene rings is 4. The van der Waals surface area contributed by atoms with Crippen molar-refractivity contribution in [2.75, 3.05) is 0 Å². The molecule has 0 unspecified atom stereocenters. The molecular weight excluding hydrogens is 323 g/mol. The average molecular weight is 332 g/mol. The van der Waals surface area contributed by atoms with E-state index in [4.69, 9.17) is 34.8 Å². The first-order valence-corrected chi connectivity index (χ1v) is 7.68. The van der Waals surface area contributed by atoms with Crippen LogP contribution in [0.15, 0.2) is 54.6 Å². The number of halogens is 3. The Balaban J connectivity index is 2.36. The van der Waals surface area contributed by atoms with Gasteiger partial charge in [-0.3, -0.25) is 0 Å². The van der Waals surface area contributed by atoms with E-state index in [2.05, 4.69) is 6.07 Å². The summed E-state index contributed by atoms with van der Waals surface area (Å²) in [5.74, 6) is 0. The van der Waals surface area contributed by atoms with Crippen LogP contribution in [0.25, 0.3) is 32.3 Å². The molecule has 3 heteroatoms. The molecule has 4 rings (SSSR count). The van der Waals surface area contributed by atoms with Gasteiger partial charge >= 0.3 is 0 Å². The highest BCUT2D eigenvalue weighted by Crippen LogP contribution is 2.40. The number of fused-ring (bicyclic) bond motifs is 5. The molecule has 0 saturated heterocycles. The third-order valence-electron chi connectivity index (χ3n) is 3.85. The zero-order valence-electron chi connectivity index (χ0n) is 10.8. The first kappa shape index (κ1) is 13.2. The van der Waals surface area contributed by atoms with E-state index in [9.17, 15) is 0 Å². The molecular formula is C18H9Cl3. The SMILES string of the molecule is Clc1cc2c3cccc(Cl)c3c(Cl)cc2c2ccccc12. The van der Waals surface area contributed by atoms with Crippen molar-refractivity contribution in [2.24, 2.45) is 0 Å². The standard InChI is InChI=1S/C18H9Cl3/c19-15-7-3-6-12-14-8-16(20)11-5-2-1-4-10(11)13(14)9-17(21)18(12)15/h1-9H. The van der Waals surface area contributed by atoms with Gasteiger partial charge in [-0.1, -0.05) is 71.2 Å². The molecule has 0 aliphatic rings. The molecule has 0 aliphatic heterocycles. The van der Waals surface area contributed by atoms with Crippen LogP contribution in [0.2, 0.25) is 15.1 Å². The maximum absolute atomic E-state index is 6.46. The monoisotopic (exact) mass is 330 g/mol. The van der Waals surface area contributed by atoms with Gasteiger partial charge in [-0.25, -0.2) is 0 Å². The van der Waals surface area contributed by atoms with Crippen LogP contribution in [0, 0.1) is 0 Å². The van der Waals surface area contributed by atoms with Crippen molar-refractivity contribution in [1.82, 2.24) is 0 Å². The second-order valence-corrected chi connectivity index (χ2v) is 6.24. The molecule has 21 heavy (non-hydrogen) atoms. The van der Waals surface area contributed by atoms with E-state index in [1.807, 2.05) is 48.5 Å². The van der Waals surface area contributed by atoms with E-state index in [0.29, 0.717) is 10.0 Å². The molecule has 102 valence electrons. The number of hydrogen-bond donors (Lipinski definition) is 0. The van der Waals surface area contributed by atoms with Crippen LogP contribution >= 0.6 is 34.8 Å². The fraction of sp³-hybridized carbons (Fsp3) is 0. The van der Waals surface area contributed by atoms with E-state index in [0.717, 1.165) is 37.3 Å². The molecule has 0 aromatic heterocycles. The first-order valence-electron chi connectivity index (χ1n) is 6.54. The molecule has 0 amide bonds. The largest absolute Gasteiger partial charge is 0.0836 e. The molecule has 0 aliphatic carbocycles. The van der Waals surface area contributed by atoms with Gasteiger partial charge in [0.05, 0.1) is 5.02 Å². The molecule has 0 nitrogen and oxygen atoms in total. The molecule has 0 bridgehead atoms. The quantitative estimate of drug-likeness (QED) is 0.301. The van der Waals surface area contributed by atoms with Crippen molar-refractivity contribution < 1.29 is 0 Å². The van der Waals surface area contributed by atoms with E-state index in [-0.39, 0.29) is 0 Å². The zero-order chi connectivity index (χ0) is 14.6. The van der Waals surface area contributed by atoms with Crippen LogP contribution < -0.4 is 0 Å². The topological polar surface area (TPSA) is 0 Å². The second kappa shape index (κ2) is 4.78. The predicted octanol–water partition coefficient (Wildman–Crippen LogP) is 7.11. The lowest BCUT2D eigenvalue weighted by Crippen LogP contribution is -1.84. The Morgan fingerprint density at radius 2 is 1.10 bits per heavy atom. The van der Waals surface area contributed by atoms with Gasteiger partial charge in [0, 0.05) is 20.8 Å². The van der Waals surface area contributed by atoms with Gasteiger partial charge < -0.3 is 0 Å². The Hall–Kier alpha value is -1.47. The lowest BCUT2D eigenvalue weighted by Gasteiger charge is -2.11. The minimum absolute atomic E-state index is 0.656. The van der Waals surface area contributed by atoms with Crippen LogP contribution in [-0.2, 0) is 0 Å². The lowest BCUT2D eigenvalue weighted by molar-refractivity contribution is 1.77. The summed E-state index contributed by atoms with van der Waals surface area (Å²) in [5.41, 5.74) is 0. The summed E-state index contributed by atoms with van der Waals surface area (Å²) in [7, 11) is 0. The molecule has 0 spiro atoms. The highest BCUT2D eigenvalue weighted by atomic mass is 35.5. The van der Waals surface area contributed by atoms with Crippen molar-refractivity contribution >= 4 is 67.1 Å². The second-order valence-electron chi connectivity index (χ2n) is 5.02. The van der Waals surface area contributed by atoms with Gasteiger partial charge in [0.1, 0.15) is 0 Å². The highest BCUT2D eigenvalue weighted by Gasteiger charge is 2.12. The molecule has 4 aromatic rings. The Bertz CT molecular complexity index is 1020. The summed E-state index contributed by atoms with van der Waals surface area (Å²) in [4.78, 5) is 0.